The molecule has 150 valence electrons. The van der Waals surface area contributed by atoms with Gasteiger partial charge in [0.25, 0.3) is 16.8 Å². The Labute approximate surface area is 180 Å². The molecule has 0 saturated carbocycles. The van der Waals surface area contributed by atoms with E-state index in [1.54, 1.807) is 50.3 Å². The molecule has 0 bridgehead atoms. The van der Waals surface area contributed by atoms with Crippen LogP contribution < -0.4 is 4.74 Å². The number of non-ortho nitro benzene ring substituents is 1. The number of ether oxygens (including phenoxy) is 1. The average molecular weight is 477 g/mol. The van der Waals surface area contributed by atoms with Crippen molar-refractivity contribution in [3.63, 3.8) is 0 Å². The van der Waals surface area contributed by atoms with Crippen molar-refractivity contribution < 1.29 is 19.2 Å². The molecule has 1 aliphatic heterocycles. The number of hydrogen-bond acceptors (Lipinski definition) is 6. The van der Waals surface area contributed by atoms with Gasteiger partial charge in [0.1, 0.15) is 12.4 Å². The summed E-state index contributed by atoms with van der Waals surface area (Å²) >= 11 is 4.36. The second-order valence-electron chi connectivity index (χ2n) is 6.55. The Hall–Kier alpha value is -2.65. The van der Waals surface area contributed by atoms with Gasteiger partial charge in [-0.25, -0.2) is 0 Å². The molecular formula is C20H17BrN2O5S. The van der Waals surface area contributed by atoms with Gasteiger partial charge in [0, 0.05) is 18.2 Å². The molecule has 0 atom stereocenters. The van der Waals surface area contributed by atoms with E-state index >= 15 is 0 Å². The highest BCUT2D eigenvalue weighted by Gasteiger charge is 2.36. The first kappa shape index (κ1) is 21.1. The predicted octanol–water partition coefficient (Wildman–Crippen LogP) is 5.38. The van der Waals surface area contributed by atoms with E-state index in [0.717, 1.165) is 17.3 Å². The van der Waals surface area contributed by atoms with Crippen LogP contribution in [0.1, 0.15) is 25.0 Å². The van der Waals surface area contributed by atoms with Gasteiger partial charge in [0.05, 0.1) is 14.3 Å². The standard InChI is InChI=1S/C20H17BrN2O5S/c1-12(2)22-19(24)18(29-20(22)25)10-13-6-7-17(16(21)9-13)28-11-14-4-3-5-15(8-14)23(26)27/h3-10,12H,11H2,1-2H3/b18-10+. The molecule has 0 aliphatic carbocycles. The third kappa shape index (κ3) is 4.86. The number of carbonyl (C=O) groups excluding carboxylic acids is 2. The number of rotatable bonds is 6. The maximum atomic E-state index is 12.4. The van der Waals surface area contributed by atoms with Gasteiger partial charge >= 0.3 is 0 Å². The summed E-state index contributed by atoms with van der Waals surface area (Å²) in [5.41, 5.74) is 1.43. The van der Waals surface area contributed by atoms with Crippen molar-refractivity contribution in [2.24, 2.45) is 0 Å². The lowest BCUT2D eigenvalue weighted by atomic mass is 10.2. The van der Waals surface area contributed by atoms with Crippen molar-refractivity contribution in [3.8, 4) is 5.75 Å². The summed E-state index contributed by atoms with van der Waals surface area (Å²) in [7, 11) is 0. The summed E-state index contributed by atoms with van der Waals surface area (Å²) < 4.78 is 6.41. The molecule has 2 aromatic rings. The number of nitro groups is 1. The predicted molar refractivity (Wildman–Crippen MR) is 115 cm³/mol. The van der Waals surface area contributed by atoms with Crippen molar-refractivity contribution in [2.75, 3.05) is 0 Å². The molecule has 1 fully saturated rings. The van der Waals surface area contributed by atoms with Crippen molar-refractivity contribution in [2.45, 2.75) is 26.5 Å². The van der Waals surface area contributed by atoms with Crippen LogP contribution in [0.25, 0.3) is 6.08 Å². The first-order chi connectivity index (χ1) is 13.8. The van der Waals surface area contributed by atoms with E-state index in [9.17, 15) is 19.7 Å². The van der Waals surface area contributed by atoms with Crippen LogP contribution in [0.3, 0.4) is 0 Å². The van der Waals surface area contributed by atoms with Crippen LogP contribution in [-0.2, 0) is 11.4 Å². The maximum absolute atomic E-state index is 12.4. The minimum atomic E-state index is -0.449. The molecule has 0 unspecified atom stereocenters. The molecule has 1 saturated heterocycles. The minimum Gasteiger partial charge on any atom is -0.488 e. The molecule has 2 amide bonds. The van der Waals surface area contributed by atoms with E-state index in [2.05, 4.69) is 15.9 Å². The zero-order valence-corrected chi connectivity index (χ0v) is 18.0. The number of hydrogen-bond donors (Lipinski definition) is 0. The van der Waals surface area contributed by atoms with Crippen LogP contribution in [0, 0.1) is 10.1 Å². The first-order valence-electron chi connectivity index (χ1n) is 8.69. The molecule has 2 aromatic carbocycles. The molecule has 7 nitrogen and oxygen atoms in total. The average Bonchev–Trinajstić information content (AvgIpc) is 2.94. The summed E-state index contributed by atoms with van der Waals surface area (Å²) in [5, 5.41) is 10.6. The Morgan fingerprint density at radius 2 is 2.00 bits per heavy atom. The SMILES string of the molecule is CC(C)N1C(=O)S/C(=C/c2ccc(OCc3cccc([N+](=O)[O-])c3)c(Br)c2)C1=O. The number of amides is 2. The Balaban J connectivity index is 1.72. The summed E-state index contributed by atoms with van der Waals surface area (Å²) in [4.78, 5) is 36.4. The lowest BCUT2D eigenvalue weighted by molar-refractivity contribution is -0.384. The minimum absolute atomic E-state index is 0.0101. The van der Waals surface area contributed by atoms with E-state index < -0.39 is 4.92 Å². The molecule has 0 radical (unpaired) electrons. The van der Waals surface area contributed by atoms with Crippen molar-refractivity contribution in [1.29, 1.82) is 0 Å². The zero-order valence-electron chi connectivity index (χ0n) is 15.6. The fourth-order valence-corrected chi connectivity index (χ4v) is 4.19. The highest BCUT2D eigenvalue weighted by molar-refractivity contribution is 9.10. The number of thioether (sulfide) groups is 1. The van der Waals surface area contributed by atoms with Crippen molar-refractivity contribution >= 4 is 50.6 Å². The second kappa shape index (κ2) is 8.79. The smallest absolute Gasteiger partial charge is 0.293 e. The fourth-order valence-electron chi connectivity index (χ4n) is 2.72. The molecular weight excluding hydrogens is 460 g/mol. The number of halogens is 1. The normalized spacial score (nSPS) is 15.4. The van der Waals surface area contributed by atoms with Gasteiger partial charge in [0.2, 0.25) is 0 Å². The number of nitro benzene ring substituents is 1. The third-order valence-electron chi connectivity index (χ3n) is 4.11. The second-order valence-corrected chi connectivity index (χ2v) is 8.40. The molecule has 9 heteroatoms. The molecule has 0 spiro atoms. The third-order valence-corrected chi connectivity index (χ3v) is 5.61. The summed E-state index contributed by atoms with van der Waals surface area (Å²) in [6.45, 7) is 3.76. The molecule has 1 aliphatic rings. The van der Waals surface area contributed by atoms with Gasteiger partial charge < -0.3 is 4.74 Å². The van der Waals surface area contributed by atoms with Crippen molar-refractivity contribution in [3.05, 3.63) is 73.1 Å². The lowest BCUT2D eigenvalue weighted by Gasteiger charge is -2.16. The largest absolute Gasteiger partial charge is 0.488 e. The lowest BCUT2D eigenvalue weighted by Crippen LogP contribution is -2.34. The topological polar surface area (TPSA) is 89.8 Å². The number of carbonyl (C=O) groups is 2. The highest BCUT2D eigenvalue weighted by Crippen LogP contribution is 2.35. The summed E-state index contributed by atoms with van der Waals surface area (Å²) in [6, 6.07) is 11.4. The molecule has 0 N–H and O–H groups in total. The molecule has 0 aromatic heterocycles. The van der Waals surface area contributed by atoms with E-state index in [0.29, 0.717) is 20.7 Å². The molecule has 1 heterocycles. The quantitative estimate of drug-likeness (QED) is 0.315. The van der Waals surface area contributed by atoms with E-state index in [1.807, 2.05) is 0 Å². The van der Waals surface area contributed by atoms with E-state index in [1.165, 1.54) is 17.0 Å². The van der Waals surface area contributed by atoms with Gasteiger partial charge in [-0.2, -0.15) is 0 Å². The van der Waals surface area contributed by atoms with Gasteiger partial charge in [0.15, 0.2) is 0 Å². The van der Waals surface area contributed by atoms with Crippen LogP contribution in [0.4, 0.5) is 10.5 Å². The van der Waals surface area contributed by atoms with E-state index in [-0.39, 0.29) is 29.5 Å². The number of nitrogens with zero attached hydrogens (tertiary/aromatic N) is 2. The fraction of sp³-hybridized carbons (Fsp3) is 0.200. The molecule has 3 rings (SSSR count). The first-order valence-corrected chi connectivity index (χ1v) is 10.3. The Bertz CT molecular complexity index is 1020. The summed E-state index contributed by atoms with van der Waals surface area (Å²) in [5.74, 6) is 0.265. The Kier molecular flexibility index (Phi) is 6.39. The maximum Gasteiger partial charge on any atom is 0.293 e. The Morgan fingerprint density at radius 3 is 2.62 bits per heavy atom. The highest BCUT2D eigenvalue weighted by atomic mass is 79.9. The van der Waals surface area contributed by atoms with Gasteiger partial charge in [-0.15, -0.1) is 0 Å². The number of imide groups is 1. The van der Waals surface area contributed by atoms with Gasteiger partial charge in [-0.05, 0) is 70.9 Å². The van der Waals surface area contributed by atoms with E-state index in [4.69, 9.17) is 4.74 Å². The zero-order chi connectivity index (χ0) is 21.1. The van der Waals surface area contributed by atoms with Crippen LogP contribution in [0.2, 0.25) is 0 Å². The monoisotopic (exact) mass is 476 g/mol. The Morgan fingerprint density at radius 1 is 1.24 bits per heavy atom. The van der Waals surface area contributed by atoms with Crippen LogP contribution in [-0.4, -0.2) is 27.0 Å². The summed E-state index contributed by atoms with van der Waals surface area (Å²) in [6.07, 6.45) is 1.67. The van der Waals surface area contributed by atoms with Crippen molar-refractivity contribution in [1.82, 2.24) is 4.90 Å². The van der Waals surface area contributed by atoms with Crippen LogP contribution in [0.5, 0.6) is 5.75 Å². The van der Waals surface area contributed by atoms with Crippen LogP contribution >= 0.6 is 27.7 Å². The van der Waals surface area contributed by atoms with Gasteiger partial charge in [-0.3, -0.25) is 24.6 Å². The van der Waals surface area contributed by atoms with Gasteiger partial charge in [-0.1, -0.05) is 18.2 Å². The van der Waals surface area contributed by atoms with Crippen LogP contribution in [0.15, 0.2) is 51.8 Å². The molecule has 29 heavy (non-hydrogen) atoms. The number of benzene rings is 2.